The molecule has 0 bridgehead atoms. The van der Waals surface area contributed by atoms with Gasteiger partial charge in [-0.05, 0) is 56.5 Å². The van der Waals surface area contributed by atoms with Crippen LogP contribution in [0.15, 0.2) is 54.6 Å². The highest BCUT2D eigenvalue weighted by Crippen LogP contribution is 2.35. The number of aryl methyl sites for hydroxylation is 1. The quantitative estimate of drug-likeness (QED) is 0.436. The highest BCUT2D eigenvalue weighted by atomic mass is 35.5. The van der Waals surface area contributed by atoms with Gasteiger partial charge in [0.05, 0.1) is 23.0 Å². The molecule has 1 aliphatic carbocycles. The van der Waals surface area contributed by atoms with E-state index in [1.807, 2.05) is 66.2 Å². The van der Waals surface area contributed by atoms with E-state index in [0.717, 1.165) is 35.5 Å². The van der Waals surface area contributed by atoms with Gasteiger partial charge in [-0.3, -0.25) is 4.90 Å². The third-order valence-electron chi connectivity index (χ3n) is 5.64. The van der Waals surface area contributed by atoms with Crippen LogP contribution in [0.1, 0.15) is 43.9 Å². The zero-order chi connectivity index (χ0) is 21.8. The Morgan fingerprint density at radius 1 is 1.19 bits per heavy atom. The highest BCUT2D eigenvalue weighted by Gasteiger charge is 2.32. The summed E-state index contributed by atoms with van der Waals surface area (Å²) in [6.07, 6.45) is 3.84. The summed E-state index contributed by atoms with van der Waals surface area (Å²) in [5.41, 5.74) is 2.82. The van der Waals surface area contributed by atoms with Gasteiger partial charge in [0.25, 0.3) is 0 Å². The van der Waals surface area contributed by atoms with Crippen molar-refractivity contribution < 1.29 is 9.84 Å². The Balaban J connectivity index is 1.70. The topological polar surface area (TPSA) is 50.5 Å². The Labute approximate surface area is 189 Å². The van der Waals surface area contributed by atoms with Crippen molar-refractivity contribution in [2.45, 2.75) is 58.2 Å². The molecule has 4 rings (SSSR count). The molecule has 2 aromatic carbocycles. The lowest BCUT2D eigenvalue weighted by molar-refractivity contribution is 0.0961. The Hall–Kier alpha value is -2.34. The summed E-state index contributed by atoms with van der Waals surface area (Å²) < 4.78 is 8.21. The molecule has 1 fully saturated rings. The Kier molecular flexibility index (Phi) is 6.96. The van der Waals surface area contributed by atoms with Crippen molar-refractivity contribution >= 4 is 11.6 Å². The highest BCUT2D eigenvalue weighted by molar-refractivity contribution is 6.30. The number of halogens is 1. The Morgan fingerprint density at radius 3 is 2.65 bits per heavy atom. The van der Waals surface area contributed by atoms with E-state index in [9.17, 15) is 5.11 Å². The van der Waals surface area contributed by atoms with Gasteiger partial charge in [-0.2, -0.15) is 5.10 Å². The predicted molar refractivity (Wildman–Crippen MR) is 124 cm³/mol. The maximum Gasteiger partial charge on any atom is 0.227 e. The van der Waals surface area contributed by atoms with Gasteiger partial charge in [-0.25, -0.2) is 4.68 Å². The zero-order valence-electron chi connectivity index (χ0n) is 18.2. The fourth-order valence-electron chi connectivity index (χ4n) is 3.89. The molecule has 0 aliphatic heterocycles. The Bertz CT molecular complexity index is 1000. The molecule has 1 heterocycles. The first kappa shape index (κ1) is 21.9. The zero-order valence-corrected chi connectivity index (χ0v) is 18.9. The van der Waals surface area contributed by atoms with Crippen molar-refractivity contribution in [2.75, 3.05) is 6.54 Å². The van der Waals surface area contributed by atoms with E-state index in [4.69, 9.17) is 21.4 Å². The molecule has 1 N–H and O–H groups in total. The van der Waals surface area contributed by atoms with Crippen molar-refractivity contribution in [3.8, 4) is 17.3 Å². The predicted octanol–water partition coefficient (Wildman–Crippen LogP) is 5.75. The van der Waals surface area contributed by atoms with Crippen molar-refractivity contribution in [1.82, 2.24) is 14.7 Å². The second-order valence-corrected chi connectivity index (χ2v) is 8.72. The van der Waals surface area contributed by atoms with E-state index in [1.54, 1.807) is 0 Å². The van der Waals surface area contributed by atoms with E-state index in [2.05, 4.69) is 11.8 Å². The van der Waals surface area contributed by atoms with Crippen molar-refractivity contribution in [2.24, 2.45) is 0 Å². The molecule has 0 radical (unpaired) electrons. The standard InChI is InChI=1S/C25H30ClN3O2/c1-3-8-22(30)16-28(20-13-14-20)17-24-18(2)27-29(21-10-7-9-19(26)15-21)25(24)31-23-11-5-4-6-12-23/h4-7,9-12,15,20,22,30H,3,8,13-14,16-17H2,1-2H3/t22-/m1/s1. The van der Waals surface area contributed by atoms with Crippen LogP contribution in [-0.2, 0) is 6.54 Å². The summed E-state index contributed by atoms with van der Waals surface area (Å²) in [5, 5.41) is 15.9. The number of rotatable bonds is 10. The Morgan fingerprint density at radius 2 is 1.97 bits per heavy atom. The summed E-state index contributed by atoms with van der Waals surface area (Å²) in [7, 11) is 0. The summed E-state index contributed by atoms with van der Waals surface area (Å²) >= 11 is 6.26. The smallest absolute Gasteiger partial charge is 0.227 e. The SMILES string of the molecule is CCC[C@@H](O)CN(Cc1c(C)nn(-c2cccc(Cl)c2)c1Oc1ccccc1)C1CC1. The fraction of sp³-hybridized carbons (Fsp3) is 0.400. The molecule has 1 atom stereocenters. The van der Waals surface area contributed by atoms with Gasteiger partial charge < -0.3 is 9.84 Å². The lowest BCUT2D eigenvalue weighted by Crippen LogP contribution is -2.34. The van der Waals surface area contributed by atoms with Crippen LogP contribution < -0.4 is 4.74 Å². The molecule has 1 saturated carbocycles. The van der Waals surface area contributed by atoms with Crippen LogP contribution in [0.25, 0.3) is 5.69 Å². The molecule has 0 spiro atoms. The second-order valence-electron chi connectivity index (χ2n) is 8.28. The third kappa shape index (κ3) is 5.48. The second kappa shape index (κ2) is 9.86. The maximum atomic E-state index is 10.5. The number of hydrogen-bond acceptors (Lipinski definition) is 4. The summed E-state index contributed by atoms with van der Waals surface area (Å²) in [4.78, 5) is 2.38. The number of ether oxygens (including phenoxy) is 1. The van der Waals surface area contributed by atoms with Crippen LogP contribution in [-0.4, -0.2) is 38.5 Å². The lowest BCUT2D eigenvalue weighted by atomic mass is 10.1. The van der Waals surface area contributed by atoms with Crippen LogP contribution in [0.4, 0.5) is 0 Å². The summed E-state index contributed by atoms with van der Waals surface area (Å²) in [6, 6.07) is 17.9. The van der Waals surface area contributed by atoms with E-state index >= 15 is 0 Å². The molecular weight excluding hydrogens is 410 g/mol. The average molecular weight is 440 g/mol. The lowest BCUT2D eigenvalue weighted by Gasteiger charge is -2.25. The molecule has 6 heteroatoms. The van der Waals surface area contributed by atoms with Gasteiger partial charge in [0.2, 0.25) is 5.88 Å². The molecule has 3 aromatic rings. The largest absolute Gasteiger partial charge is 0.439 e. The van der Waals surface area contributed by atoms with Gasteiger partial charge in [0.15, 0.2) is 0 Å². The van der Waals surface area contributed by atoms with Crippen LogP contribution in [0.2, 0.25) is 5.02 Å². The normalized spacial score (nSPS) is 14.7. The van der Waals surface area contributed by atoms with Gasteiger partial charge in [0, 0.05) is 24.2 Å². The summed E-state index contributed by atoms with van der Waals surface area (Å²) in [6.45, 7) is 5.49. The van der Waals surface area contributed by atoms with Crippen LogP contribution in [0, 0.1) is 6.92 Å². The molecule has 0 unspecified atom stereocenters. The van der Waals surface area contributed by atoms with Crippen molar-refractivity contribution in [3.63, 3.8) is 0 Å². The van der Waals surface area contributed by atoms with E-state index < -0.39 is 0 Å². The number of nitrogens with zero attached hydrogens (tertiary/aromatic N) is 3. The molecule has 0 amide bonds. The van der Waals surface area contributed by atoms with Gasteiger partial charge in [-0.15, -0.1) is 0 Å². The van der Waals surface area contributed by atoms with Crippen LogP contribution >= 0.6 is 11.6 Å². The number of hydrogen-bond donors (Lipinski definition) is 1. The first-order chi connectivity index (χ1) is 15.0. The fourth-order valence-corrected chi connectivity index (χ4v) is 4.07. The number of aromatic nitrogens is 2. The average Bonchev–Trinajstić information content (AvgIpc) is 3.55. The van der Waals surface area contributed by atoms with E-state index in [-0.39, 0.29) is 6.10 Å². The first-order valence-electron chi connectivity index (χ1n) is 11.0. The van der Waals surface area contributed by atoms with Crippen LogP contribution in [0.3, 0.4) is 0 Å². The molecule has 164 valence electrons. The van der Waals surface area contributed by atoms with Gasteiger partial charge in [-0.1, -0.05) is 49.2 Å². The van der Waals surface area contributed by atoms with Crippen molar-refractivity contribution in [1.29, 1.82) is 0 Å². The monoisotopic (exact) mass is 439 g/mol. The molecule has 0 saturated heterocycles. The molecule has 1 aromatic heterocycles. The number of aliphatic hydroxyl groups is 1. The number of aliphatic hydroxyl groups excluding tert-OH is 1. The minimum atomic E-state index is -0.313. The molecule has 1 aliphatic rings. The van der Waals surface area contributed by atoms with Crippen molar-refractivity contribution in [3.05, 3.63) is 70.9 Å². The molecule has 31 heavy (non-hydrogen) atoms. The van der Waals surface area contributed by atoms with Gasteiger partial charge in [0.1, 0.15) is 5.75 Å². The van der Waals surface area contributed by atoms with Gasteiger partial charge >= 0.3 is 0 Å². The first-order valence-corrected chi connectivity index (χ1v) is 11.4. The molecule has 5 nitrogen and oxygen atoms in total. The molecular formula is C25H30ClN3O2. The minimum absolute atomic E-state index is 0.313. The van der Waals surface area contributed by atoms with E-state index in [1.165, 1.54) is 12.8 Å². The summed E-state index contributed by atoms with van der Waals surface area (Å²) in [5.74, 6) is 1.46. The minimum Gasteiger partial charge on any atom is -0.439 e. The van der Waals surface area contributed by atoms with Crippen LogP contribution in [0.5, 0.6) is 11.6 Å². The maximum absolute atomic E-state index is 10.5. The third-order valence-corrected chi connectivity index (χ3v) is 5.87. The van der Waals surface area contributed by atoms with E-state index in [0.29, 0.717) is 30.0 Å². The number of benzene rings is 2. The number of para-hydroxylation sites is 1.